The van der Waals surface area contributed by atoms with E-state index in [9.17, 15) is 4.79 Å². The Balaban J connectivity index is 1.62. The van der Waals surface area contributed by atoms with Crippen LogP contribution in [0.1, 0.15) is 27.9 Å². The molecule has 0 amide bonds. The van der Waals surface area contributed by atoms with Gasteiger partial charge >= 0.3 is 0 Å². The van der Waals surface area contributed by atoms with Gasteiger partial charge < -0.3 is 4.98 Å². The summed E-state index contributed by atoms with van der Waals surface area (Å²) in [4.78, 5) is 22.7. The fourth-order valence-electron chi connectivity index (χ4n) is 3.51. The van der Waals surface area contributed by atoms with Crippen molar-refractivity contribution in [1.29, 1.82) is 0 Å². The van der Waals surface area contributed by atoms with E-state index in [1.165, 1.54) is 16.7 Å². The Morgan fingerprint density at radius 3 is 2.62 bits per heavy atom. The first-order valence-electron chi connectivity index (χ1n) is 9.06. The highest BCUT2D eigenvalue weighted by Gasteiger charge is 2.21. The second-order valence-electron chi connectivity index (χ2n) is 7.09. The standard InChI is InChI=1S/C22H23N3O/c1-15-7-9-17(10-8-15)21-23-20-14-25(12-11-19(20)22(26)24-21)13-18-6-4-3-5-16(18)2/h3-10H,11-14H2,1-2H3,(H,23,24,26). The molecule has 0 aliphatic carbocycles. The van der Waals surface area contributed by atoms with Crippen LogP contribution in [0, 0.1) is 13.8 Å². The number of aromatic nitrogens is 2. The van der Waals surface area contributed by atoms with Crippen molar-refractivity contribution < 1.29 is 0 Å². The molecule has 26 heavy (non-hydrogen) atoms. The van der Waals surface area contributed by atoms with Crippen LogP contribution in [0.15, 0.2) is 53.3 Å². The van der Waals surface area contributed by atoms with Crippen molar-refractivity contribution in [3.05, 3.63) is 86.8 Å². The number of rotatable bonds is 3. The lowest BCUT2D eigenvalue weighted by Crippen LogP contribution is -2.35. The highest BCUT2D eigenvalue weighted by molar-refractivity contribution is 5.55. The van der Waals surface area contributed by atoms with Gasteiger partial charge in [-0.05, 0) is 31.4 Å². The summed E-state index contributed by atoms with van der Waals surface area (Å²) < 4.78 is 0. The van der Waals surface area contributed by atoms with E-state index in [0.29, 0.717) is 12.4 Å². The molecule has 2 heterocycles. The Morgan fingerprint density at radius 2 is 1.85 bits per heavy atom. The summed E-state index contributed by atoms with van der Waals surface area (Å²) in [5.41, 5.74) is 6.52. The maximum absolute atomic E-state index is 12.5. The number of fused-ring (bicyclic) bond motifs is 1. The average Bonchev–Trinajstić information content (AvgIpc) is 2.64. The Bertz CT molecular complexity index is 989. The minimum atomic E-state index is 0.00103. The first-order chi connectivity index (χ1) is 12.6. The largest absolute Gasteiger partial charge is 0.306 e. The van der Waals surface area contributed by atoms with E-state index in [1.54, 1.807) is 0 Å². The molecule has 4 heteroatoms. The Kier molecular flexibility index (Phi) is 4.43. The molecule has 0 saturated heterocycles. The van der Waals surface area contributed by atoms with Gasteiger partial charge in [0.15, 0.2) is 0 Å². The molecular weight excluding hydrogens is 322 g/mol. The normalized spacial score (nSPS) is 14.2. The topological polar surface area (TPSA) is 49.0 Å². The van der Waals surface area contributed by atoms with Crippen LogP contribution in [-0.4, -0.2) is 21.4 Å². The molecule has 0 bridgehead atoms. The fourth-order valence-corrected chi connectivity index (χ4v) is 3.51. The minimum absolute atomic E-state index is 0.00103. The number of nitrogens with zero attached hydrogens (tertiary/aromatic N) is 2. The predicted molar refractivity (Wildman–Crippen MR) is 104 cm³/mol. The summed E-state index contributed by atoms with van der Waals surface area (Å²) in [5, 5.41) is 0. The first-order valence-corrected chi connectivity index (χ1v) is 9.06. The second-order valence-corrected chi connectivity index (χ2v) is 7.09. The van der Waals surface area contributed by atoms with Crippen molar-refractivity contribution in [2.45, 2.75) is 33.4 Å². The lowest BCUT2D eigenvalue weighted by Gasteiger charge is -2.28. The Hall–Kier alpha value is -2.72. The lowest BCUT2D eigenvalue weighted by molar-refractivity contribution is 0.240. The van der Waals surface area contributed by atoms with Crippen molar-refractivity contribution in [3.63, 3.8) is 0 Å². The molecular formula is C22H23N3O. The molecule has 0 radical (unpaired) electrons. The van der Waals surface area contributed by atoms with Crippen LogP contribution < -0.4 is 5.56 Å². The fraction of sp³-hybridized carbons (Fsp3) is 0.273. The number of benzene rings is 2. The quantitative estimate of drug-likeness (QED) is 0.789. The van der Waals surface area contributed by atoms with E-state index in [0.717, 1.165) is 36.3 Å². The highest BCUT2D eigenvalue weighted by Crippen LogP contribution is 2.21. The highest BCUT2D eigenvalue weighted by atomic mass is 16.1. The second kappa shape index (κ2) is 6.89. The maximum atomic E-state index is 12.5. The van der Waals surface area contributed by atoms with Crippen LogP contribution in [0.4, 0.5) is 0 Å². The van der Waals surface area contributed by atoms with Crippen molar-refractivity contribution in [1.82, 2.24) is 14.9 Å². The lowest BCUT2D eigenvalue weighted by atomic mass is 10.0. The zero-order valence-corrected chi connectivity index (χ0v) is 15.2. The van der Waals surface area contributed by atoms with Crippen molar-refractivity contribution in [2.24, 2.45) is 0 Å². The molecule has 1 aliphatic rings. The van der Waals surface area contributed by atoms with Gasteiger partial charge in [0, 0.05) is 30.8 Å². The number of hydrogen-bond acceptors (Lipinski definition) is 3. The van der Waals surface area contributed by atoms with Crippen molar-refractivity contribution in [3.8, 4) is 11.4 Å². The monoisotopic (exact) mass is 345 g/mol. The maximum Gasteiger partial charge on any atom is 0.254 e. The van der Waals surface area contributed by atoms with Crippen LogP contribution in [0.2, 0.25) is 0 Å². The minimum Gasteiger partial charge on any atom is -0.306 e. The molecule has 2 aromatic carbocycles. The van der Waals surface area contributed by atoms with Gasteiger partial charge in [-0.1, -0.05) is 54.1 Å². The molecule has 0 spiro atoms. The van der Waals surface area contributed by atoms with E-state index >= 15 is 0 Å². The van der Waals surface area contributed by atoms with Gasteiger partial charge in [0.2, 0.25) is 0 Å². The molecule has 0 fully saturated rings. The van der Waals surface area contributed by atoms with Crippen LogP contribution in [0.25, 0.3) is 11.4 Å². The van der Waals surface area contributed by atoms with Crippen molar-refractivity contribution in [2.75, 3.05) is 6.54 Å². The van der Waals surface area contributed by atoms with Gasteiger partial charge in [-0.3, -0.25) is 9.69 Å². The van der Waals surface area contributed by atoms with Crippen LogP contribution in [0.3, 0.4) is 0 Å². The van der Waals surface area contributed by atoms with Crippen molar-refractivity contribution >= 4 is 0 Å². The Morgan fingerprint density at radius 1 is 1.08 bits per heavy atom. The molecule has 0 unspecified atom stereocenters. The number of aryl methyl sites for hydroxylation is 2. The van der Waals surface area contributed by atoms with Gasteiger partial charge in [-0.25, -0.2) is 4.98 Å². The van der Waals surface area contributed by atoms with E-state index in [1.807, 2.05) is 24.3 Å². The predicted octanol–water partition coefficient (Wildman–Crippen LogP) is 3.61. The third-order valence-corrected chi connectivity index (χ3v) is 5.13. The molecule has 3 aromatic rings. The Labute approximate surface area is 153 Å². The van der Waals surface area contributed by atoms with Crippen LogP contribution >= 0.6 is 0 Å². The van der Waals surface area contributed by atoms with Gasteiger partial charge in [0.05, 0.1) is 5.69 Å². The molecule has 0 saturated carbocycles. The summed E-state index contributed by atoms with van der Waals surface area (Å²) in [7, 11) is 0. The summed E-state index contributed by atoms with van der Waals surface area (Å²) >= 11 is 0. The summed E-state index contributed by atoms with van der Waals surface area (Å²) in [6.45, 7) is 6.69. The molecule has 0 atom stereocenters. The van der Waals surface area contributed by atoms with E-state index in [-0.39, 0.29) is 5.56 Å². The molecule has 132 valence electrons. The van der Waals surface area contributed by atoms with Gasteiger partial charge in [-0.15, -0.1) is 0 Å². The van der Waals surface area contributed by atoms with Gasteiger partial charge in [-0.2, -0.15) is 0 Å². The molecule has 1 N–H and O–H groups in total. The van der Waals surface area contributed by atoms with Crippen LogP contribution in [-0.2, 0) is 19.5 Å². The first kappa shape index (κ1) is 16.7. The number of H-pyrrole nitrogens is 1. The third kappa shape index (κ3) is 3.33. The summed E-state index contributed by atoms with van der Waals surface area (Å²) in [6, 6.07) is 16.6. The smallest absolute Gasteiger partial charge is 0.254 e. The average molecular weight is 345 g/mol. The summed E-state index contributed by atoms with van der Waals surface area (Å²) in [5.74, 6) is 0.659. The van der Waals surface area contributed by atoms with Crippen LogP contribution in [0.5, 0.6) is 0 Å². The van der Waals surface area contributed by atoms with E-state index < -0.39 is 0 Å². The molecule has 1 aliphatic heterocycles. The number of hydrogen-bond donors (Lipinski definition) is 1. The zero-order valence-electron chi connectivity index (χ0n) is 15.2. The van der Waals surface area contributed by atoms with Gasteiger partial charge in [0.25, 0.3) is 5.56 Å². The molecule has 1 aromatic heterocycles. The third-order valence-electron chi connectivity index (χ3n) is 5.13. The molecule has 4 nitrogen and oxygen atoms in total. The van der Waals surface area contributed by atoms with Gasteiger partial charge in [0.1, 0.15) is 5.82 Å². The SMILES string of the molecule is Cc1ccc(-c2nc3c(c(=O)[nH]2)CCN(Cc2ccccc2C)C3)cc1. The summed E-state index contributed by atoms with van der Waals surface area (Å²) in [6.07, 6.45) is 0.748. The van der Waals surface area contributed by atoms with E-state index in [2.05, 4.69) is 48.0 Å². The zero-order chi connectivity index (χ0) is 18.1. The number of nitrogens with one attached hydrogen (secondary N) is 1. The van der Waals surface area contributed by atoms with E-state index in [4.69, 9.17) is 4.98 Å². The molecule has 4 rings (SSSR count). The number of aromatic amines is 1.